The van der Waals surface area contributed by atoms with Gasteiger partial charge in [0.05, 0.1) is 42.5 Å². The lowest BCUT2D eigenvalue weighted by Gasteiger charge is -2.12. The van der Waals surface area contributed by atoms with E-state index in [0.29, 0.717) is 33.0 Å². The van der Waals surface area contributed by atoms with Crippen LogP contribution >= 0.6 is 11.3 Å². The molecule has 2 aromatic carbocycles. The first-order chi connectivity index (χ1) is 16.3. The zero-order chi connectivity index (χ0) is 24.5. The average Bonchev–Trinajstić information content (AvgIpc) is 3.36. The number of carbonyl (C=O) groups excluding carboxylic acids is 1. The number of aromatic nitrogens is 3. The van der Waals surface area contributed by atoms with Crippen molar-refractivity contribution in [3.8, 4) is 23.1 Å². The van der Waals surface area contributed by atoms with E-state index in [-0.39, 0.29) is 28.0 Å². The SMILES string of the molecule is CCOC(=O)c1nn2c(-c3ccc(OC)c(S(=O)(=O)Cc4ccc(C#N)cc4)c3)c(C)nc2s1. The number of sulfone groups is 1. The molecule has 0 radical (unpaired) electrons. The summed E-state index contributed by atoms with van der Waals surface area (Å²) in [6, 6.07) is 13.2. The topological polar surface area (TPSA) is 124 Å². The monoisotopic (exact) mass is 496 g/mol. The van der Waals surface area contributed by atoms with E-state index in [1.54, 1.807) is 50.2 Å². The van der Waals surface area contributed by atoms with E-state index in [1.807, 2.05) is 6.07 Å². The summed E-state index contributed by atoms with van der Waals surface area (Å²) in [5, 5.41) is 13.5. The van der Waals surface area contributed by atoms with Gasteiger partial charge in [0.15, 0.2) is 9.84 Å². The Morgan fingerprint density at radius 3 is 2.59 bits per heavy atom. The molecule has 0 aliphatic carbocycles. The molecule has 0 aliphatic rings. The third-order valence-electron chi connectivity index (χ3n) is 5.04. The number of fused-ring (bicyclic) bond motifs is 1. The maximum atomic E-state index is 13.3. The number of hydrogen-bond donors (Lipinski definition) is 0. The van der Waals surface area contributed by atoms with Crippen LogP contribution in [0.2, 0.25) is 0 Å². The standard InChI is InChI=1S/C23H20N4O5S2/c1-4-32-22(28)21-26-27-20(14(2)25-23(27)33-21)17-9-10-18(31-3)19(11-17)34(29,30)13-16-7-5-15(12-24)6-8-16/h5-11H,4,13H2,1-3H3. The Morgan fingerprint density at radius 2 is 1.94 bits per heavy atom. The smallest absolute Gasteiger partial charge is 0.369 e. The number of aryl methyl sites for hydroxylation is 1. The molecule has 11 heteroatoms. The molecule has 0 amide bonds. The number of nitriles is 1. The molecule has 0 saturated carbocycles. The number of benzene rings is 2. The van der Waals surface area contributed by atoms with Gasteiger partial charge in [-0.15, -0.1) is 5.10 Å². The summed E-state index contributed by atoms with van der Waals surface area (Å²) in [4.78, 5) is 17.1. The molecule has 0 unspecified atom stereocenters. The van der Waals surface area contributed by atoms with E-state index < -0.39 is 15.8 Å². The first-order valence-electron chi connectivity index (χ1n) is 10.2. The molecule has 0 bridgehead atoms. The van der Waals surface area contributed by atoms with Crippen LogP contribution in [0.3, 0.4) is 0 Å². The minimum Gasteiger partial charge on any atom is -0.495 e. The van der Waals surface area contributed by atoms with Crippen molar-refractivity contribution in [1.29, 1.82) is 5.26 Å². The van der Waals surface area contributed by atoms with E-state index in [1.165, 1.54) is 17.7 Å². The lowest BCUT2D eigenvalue weighted by Crippen LogP contribution is -2.08. The highest BCUT2D eigenvalue weighted by molar-refractivity contribution is 7.90. The van der Waals surface area contributed by atoms with Gasteiger partial charge >= 0.3 is 5.97 Å². The predicted molar refractivity (Wildman–Crippen MR) is 126 cm³/mol. The number of methoxy groups -OCH3 is 1. The van der Waals surface area contributed by atoms with Crippen LogP contribution < -0.4 is 4.74 Å². The fraction of sp³-hybridized carbons (Fsp3) is 0.217. The van der Waals surface area contributed by atoms with E-state index in [4.69, 9.17) is 14.7 Å². The first-order valence-corrected chi connectivity index (χ1v) is 12.7. The second kappa shape index (κ2) is 9.24. The second-order valence-electron chi connectivity index (χ2n) is 7.30. The van der Waals surface area contributed by atoms with Gasteiger partial charge in [0, 0.05) is 5.56 Å². The third-order valence-corrected chi connectivity index (χ3v) is 7.63. The minimum absolute atomic E-state index is 0.0204. The summed E-state index contributed by atoms with van der Waals surface area (Å²) in [7, 11) is -2.39. The Kier molecular flexibility index (Phi) is 6.37. The Balaban J connectivity index is 1.78. The van der Waals surface area contributed by atoms with Crippen molar-refractivity contribution in [2.45, 2.75) is 24.5 Å². The fourth-order valence-corrected chi connectivity index (χ4v) is 5.89. The Hall–Kier alpha value is -3.75. The van der Waals surface area contributed by atoms with Gasteiger partial charge in [0.2, 0.25) is 9.97 Å². The van der Waals surface area contributed by atoms with Gasteiger partial charge in [-0.3, -0.25) is 0 Å². The molecular weight excluding hydrogens is 476 g/mol. The summed E-state index contributed by atoms with van der Waals surface area (Å²) in [6.07, 6.45) is 0. The summed E-state index contributed by atoms with van der Waals surface area (Å²) >= 11 is 1.10. The average molecular weight is 497 g/mol. The van der Waals surface area contributed by atoms with Gasteiger partial charge in [0.1, 0.15) is 10.6 Å². The summed E-state index contributed by atoms with van der Waals surface area (Å²) in [5.74, 6) is -0.591. The van der Waals surface area contributed by atoms with Gasteiger partial charge in [0.25, 0.3) is 0 Å². The summed E-state index contributed by atoms with van der Waals surface area (Å²) in [6.45, 7) is 3.73. The molecule has 174 valence electrons. The van der Waals surface area contributed by atoms with Crippen molar-refractivity contribution < 1.29 is 22.7 Å². The molecule has 2 aromatic heterocycles. The zero-order valence-corrected chi connectivity index (χ0v) is 20.2. The van der Waals surface area contributed by atoms with Crippen molar-refractivity contribution in [1.82, 2.24) is 14.6 Å². The van der Waals surface area contributed by atoms with Gasteiger partial charge in [-0.25, -0.2) is 22.7 Å². The van der Waals surface area contributed by atoms with E-state index in [2.05, 4.69) is 10.1 Å². The van der Waals surface area contributed by atoms with Crippen LogP contribution in [-0.2, 0) is 20.3 Å². The molecular formula is C23H20N4O5S2. The van der Waals surface area contributed by atoms with Crippen molar-refractivity contribution >= 4 is 32.1 Å². The zero-order valence-electron chi connectivity index (χ0n) is 18.6. The molecule has 0 N–H and O–H groups in total. The van der Waals surface area contributed by atoms with Gasteiger partial charge in [-0.2, -0.15) is 5.26 Å². The maximum Gasteiger partial charge on any atom is 0.369 e. The van der Waals surface area contributed by atoms with Gasteiger partial charge < -0.3 is 9.47 Å². The van der Waals surface area contributed by atoms with Crippen molar-refractivity contribution in [3.63, 3.8) is 0 Å². The molecule has 0 atom stereocenters. The lowest BCUT2D eigenvalue weighted by atomic mass is 10.1. The molecule has 34 heavy (non-hydrogen) atoms. The van der Waals surface area contributed by atoms with Crippen molar-refractivity contribution in [2.24, 2.45) is 0 Å². The maximum absolute atomic E-state index is 13.3. The molecule has 2 heterocycles. The van der Waals surface area contributed by atoms with Crippen LogP contribution in [-0.4, -0.2) is 42.7 Å². The predicted octanol–water partition coefficient (Wildman–Crippen LogP) is 3.80. The number of rotatable bonds is 7. The Morgan fingerprint density at radius 1 is 1.21 bits per heavy atom. The molecule has 9 nitrogen and oxygen atoms in total. The second-order valence-corrected chi connectivity index (χ2v) is 10.2. The quantitative estimate of drug-likeness (QED) is 0.354. The number of ether oxygens (including phenoxy) is 2. The number of imidazole rings is 1. The molecule has 0 fully saturated rings. The molecule has 4 rings (SSSR count). The molecule has 0 aliphatic heterocycles. The van der Waals surface area contributed by atoms with Crippen molar-refractivity contribution in [3.05, 3.63) is 64.3 Å². The molecule has 0 spiro atoms. The fourth-order valence-electron chi connectivity index (χ4n) is 3.50. The number of nitrogens with zero attached hydrogens (tertiary/aromatic N) is 4. The lowest BCUT2D eigenvalue weighted by molar-refractivity contribution is 0.0524. The van der Waals surface area contributed by atoms with Crippen LogP contribution in [0.5, 0.6) is 5.75 Å². The van der Waals surface area contributed by atoms with Crippen LogP contribution in [0.15, 0.2) is 47.4 Å². The largest absolute Gasteiger partial charge is 0.495 e. The molecule has 0 saturated heterocycles. The Labute approximate surface area is 200 Å². The highest BCUT2D eigenvalue weighted by Crippen LogP contribution is 2.34. The number of carbonyl (C=O) groups is 1. The first kappa shape index (κ1) is 23.4. The number of hydrogen-bond acceptors (Lipinski definition) is 9. The van der Waals surface area contributed by atoms with Crippen LogP contribution in [0, 0.1) is 18.3 Å². The summed E-state index contributed by atoms with van der Waals surface area (Å²) < 4.78 is 38.5. The normalized spacial score (nSPS) is 11.4. The van der Waals surface area contributed by atoms with Crippen LogP contribution in [0.25, 0.3) is 16.2 Å². The van der Waals surface area contributed by atoms with Gasteiger partial charge in [-0.1, -0.05) is 23.5 Å². The Bertz CT molecular complexity index is 1530. The molecule has 4 aromatic rings. The van der Waals surface area contributed by atoms with E-state index >= 15 is 0 Å². The summed E-state index contributed by atoms with van der Waals surface area (Å²) in [5.41, 5.74) is 2.76. The number of esters is 1. The highest BCUT2D eigenvalue weighted by atomic mass is 32.2. The van der Waals surface area contributed by atoms with Crippen molar-refractivity contribution in [2.75, 3.05) is 13.7 Å². The third kappa shape index (κ3) is 4.37. The van der Waals surface area contributed by atoms with Crippen LogP contribution in [0.4, 0.5) is 0 Å². The minimum atomic E-state index is -3.80. The highest BCUT2D eigenvalue weighted by Gasteiger charge is 2.24. The van der Waals surface area contributed by atoms with E-state index in [0.717, 1.165) is 11.3 Å². The van der Waals surface area contributed by atoms with Crippen LogP contribution in [0.1, 0.15) is 33.5 Å². The van der Waals surface area contributed by atoms with E-state index in [9.17, 15) is 13.2 Å². The van der Waals surface area contributed by atoms with Gasteiger partial charge in [-0.05, 0) is 49.7 Å².